The number of rotatable bonds is 4. The molecule has 0 aliphatic carbocycles. The van der Waals surface area contributed by atoms with Crippen LogP contribution in [0.2, 0.25) is 0 Å². The first kappa shape index (κ1) is 10.6. The molecule has 0 fully saturated rings. The van der Waals surface area contributed by atoms with Crippen LogP contribution in [0.5, 0.6) is 0 Å². The zero-order valence-corrected chi connectivity index (χ0v) is 9.20. The minimum atomic E-state index is -0.971. The lowest BCUT2D eigenvalue weighted by atomic mass is 10.2. The van der Waals surface area contributed by atoms with Gasteiger partial charge in [0.05, 0.1) is 0 Å². The SMILES string of the molecule is O=C(O)c1cccnc1NCc1ccsc1. The molecule has 0 aliphatic heterocycles. The maximum Gasteiger partial charge on any atom is 0.339 e. The molecule has 0 spiro atoms. The van der Waals surface area contributed by atoms with Gasteiger partial charge in [-0.1, -0.05) is 0 Å². The molecule has 0 atom stereocenters. The fourth-order valence-electron chi connectivity index (χ4n) is 1.30. The molecular weight excluding hydrogens is 224 g/mol. The Labute approximate surface area is 96.6 Å². The van der Waals surface area contributed by atoms with E-state index in [4.69, 9.17) is 5.11 Å². The van der Waals surface area contributed by atoms with Crippen molar-refractivity contribution in [3.63, 3.8) is 0 Å². The normalized spacial score (nSPS) is 10.0. The molecule has 0 bridgehead atoms. The van der Waals surface area contributed by atoms with Gasteiger partial charge in [0.1, 0.15) is 11.4 Å². The summed E-state index contributed by atoms with van der Waals surface area (Å²) in [6.07, 6.45) is 1.57. The molecule has 0 aromatic carbocycles. The van der Waals surface area contributed by atoms with Gasteiger partial charge in [0.25, 0.3) is 0 Å². The molecule has 4 nitrogen and oxygen atoms in total. The number of aromatic nitrogens is 1. The molecule has 0 aliphatic rings. The number of anilines is 1. The second-order valence-corrected chi connectivity index (χ2v) is 3.97. The molecule has 0 saturated carbocycles. The van der Waals surface area contributed by atoms with Gasteiger partial charge in [-0.05, 0) is 34.5 Å². The van der Waals surface area contributed by atoms with Gasteiger partial charge < -0.3 is 10.4 Å². The Morgan fingerprint density at radius 2 is 2.38 bits per heavy atom. The highest BCUT2D eigenvalue weighted by Crippen LogP contribution is 2.13. The summed E-state index contributed by atoms with van der Waals surface area (Å²) >= 11 is 1.61. The Kier molecular flexibility index (Phi) is 3.16. The maximum atomic E-state index is 10.9. The molecule has 2 aromatic rings. The lowest BCUT2D eigenvalue weighted by molar-refractivity contribution is 0.0697. The van der Waals surface area contributed by atoms with Crippen LogP contribution in [0.3, 0.4) is 0 Å². The van der Waals surface area contributed by atoms with Crippen molar-refractivity contribution in [1.82, 2.24) is 4.98 Å². The number of nitrogens with zero attached hydrogens (tertiary/aromatic N) is 1. The molecule has 2 N–H and O–H groups in total. The summed E-state index contributed by atoms with van der Waals surface area (Å²) in [7, 11) is 0. The van der Waals surface area contributed by atoms with Crippen LogP contribution in [-0.4, -0.2) is 16.1 Å². The van der Waals surface area contributed by atoms with E-state index in [2.05, 4.69) is 10.3 Å². The predicted octanol–water partition coefficient (Wildman–Crippen LogP) is 2.45. The summed E-state index contributed by atoms with van der Waals surface area (Å²) in [6, 6.07) is 5.13. The van der Waals surface area contributed by atoms with E-state index in [1.54, 1.807) is 23.6 Å². The summed E-state index contributed by atoms with van der Waals surface area (Å²) in [4.78, 5) is 14.9. The van der Waals surface area contributed by atoms with E-state index in [-0.39, 0.29) is 5.56 Å². The number of carbonyl (C=O) groups is 1. The molecule has 0 saturated heterocycles. The highest BCUT2D eigenvalue weighted by Gasteiger charge is 2.09. The number of hydrogen-bond acceptors (Lipinski definition) is 4. The Bertz CT molecular complexity index is 482. The molecule has 0 amide bonds. The first-order valence-corrected chi connectivity index (χ1v) is 5.65. The van der Waals surface area contributed by atoms with Crippen molar-refractivity contribution >= 4 is 23.1 Å². The summed E-state index contributed by atoms with van der Waals surface area (Å²) in [5.74, 6) is -0.567. The molecule has 2 rings (SSSR count). The van der Waals surface area contributed by atoms with Gasteiger partial charge in [-0.25, -0.2) is 9.78 Å². The zero-order chi connectivity index (χ0) is 11.4. The van der Waals surface area contributed by atoms with Gasteiger partial charge in [0, 0.05) is 12.7 Å². The standard InChI is InChI=1S/C11H10N2O2S/c14-11(15)9-2-1-4-12-10(9)13-6-8-3-5-16-7-8/h1-5,7H,6H2,(H,12,13)(H,14,15). The molecule has 0 radical (unpaired) electrons. The molecule has 2 aromatic heterocycles. The van der Waals surface area contributed by atoms with Gasteiger partial charge >= 0.3 is 5.97 Å². The van der Waals surface area contributed by atoms with Gasteiger partial charge in [-0.15, -0.1) is 0 Å². The van der Waals surface area contributed by atoms with Gasteiger partial charge in [-0.3, -0.25) is 0 Å². The number of nitrogens with one attached hydrogen (secondary N) is 1. The predicted molar refractivity (Wildman–Crippen MR) is 62.8 cm³/mol. The van der Waals surface area contributed by atoms with Crippen molar-refractivity contribution in [2.24, 2.45) is 0 Å². The van der Waals surface area contributed by atoms with Crippen LogP contribution >= 0.6 is 11.3 Å². The second kappa shape index (κ2) is 4.76. The Hall–Kier alpha value is -1.88. The number of aromatic carboxylic acids is 1. The molecular formula is C11H10N2O2S. The van der Waals surface area contributed by atoms with Crippen molar-refractivity contribution in [1.29, 1.82) is 0 Å². The summed E-state index contributed by atoms with van der Waals surface area (Å²) < 4.78 is 0. The van der Waals surface area contributed by atoms with Crippen molar-refractivity contribution in [3.05, 3.63) is 46.3 Å². The van der Waals surface area contributed by atoms with E-state index in [9.17, 15) is 4.79 Å². The van der Waals surface area contributed by atoms with Gasteiger partial charge in [0.15, 0.2) is 0 Å². The van der Waals surface area contributed by atoms with Crippen LogP contribution in [0.25, 0.3) is 0 Å². The third-order valence-corrected chi connectivity index (χ3v) is 2.81. The molecule has 2 heterocycles. The Morgan fingerprint density at radius 3 is 3.06 bits per heavy atom. The summed E-state index contributed by atoms with van der Waals surface area (Å²) in [5.41, 5.74) is 1.31. The lowest BCUT2D eigenvalue weighted by Crippen LogP contribution is -2.07. The Morgan fingerprint density at radius 1 is 1.50 bits per heavy atom. The van der Waals surface area contributed by atoms with Gasteiger partial charge in [-0.2, -0.15) is 11.3 Å². The fourth-order valence-corrected chi connectivity index (χ4v) is 1.97. The highest BCUT2D eigenvalue weighted by molar-refractivity contribution is 7.07. The van der Waals surface area contributed by atoms with Crippen molar-refractivity contribution < 1.29 is 9.90 Å². The Balaban J connectivity index is 2.12. The van der Waals surface area contributed by atoms with Crippen molar-refractivity contribution in [3.8, 4) is 0 Å². The third-order valence-electron chi connectivity index (χ3n) is 2.08. The van der Waals surface area contributed by atoms with Crippen LogP contribution in [0.1, 0.15) is 15.9 Å². The van der Waals surface area contributed by atoms with Crippen LogP contribution in [0.15, 0.2) is 35.2 Å². The number of carboxylic acids is 1. The van der Waals surface area contributed by atoms with E-state index in [0.717, 1.165) is 5.56 Å². The molecule has 82 valence electrons. The average molecular weight is 234 g/mol. The highest BCUT2D eigenvalue weighted by atomic mass is 32.1. The largest absolute Gasteiger partial charge is 0.478 e. The van der Waals surface area contributed by atoms with E-state index >= 15 is 0 Å². The first-order chi connectivity index (χ1) is 7.77. The van der Waals surface area contributed by atoms with Crippen LogP contribution < -0.4 is 5.32 Å². The average Bonchev–Trinajstić information content (AvgIpc) is 2.79. The molecule has 16 heavy (non-hydrogen) atoms. The zero-order valence-electron chi connectivity index (χ0n) is 8.38. The van der Waals surface area contributed by atoms with Crippen molar-refractivity contribution in [2.75, 3.05) is 5.32 Å². The number of hydrogen-bond donors (Lipinski definition) is 2. The smallest absolute Gasteiger partial charge is 0.339 e. The third kappa shape index (κ3) is 2.38. The minimum absolute atomic E-state index is 0.192. The van der Waals surface area contributed by atoms with Crippen LogP contribution in [0.4, 0.5) is 5.82 Å². The summed E-state index contributed by atoms with van der Waals surface area (Å²) in [5, 5.41) is 15.9. The number of carboxylic acid groups (broad SMARTS) is 1. The number of pyridine rings is 1. The fraction of sp³-hybridized carbons (Fsp3) is 0.0909. The lowest BCUT2D eigenvalue weighted by Gasteiger charge is -2.06. The van der Waals surface area contributed by atoms with E-state index in [1.165, 1.54) is 6.07 Å². The van der Waals surface area contributed by atoms with Crippen molar-refractivity contribution in [2.45, 2.75) is 6.54 Å². The van der Waals surface area contributed by atoms with E-state index in [0.29, 0.717) is 12.4 Å². The minimum Gasteiger partial charge on any atom is -0.478 e. The second-order valence-electron chi connectivity index (χ2n) is 3.19. The van der Waals surface area contributed by atoms with E-state index in [1.807, 2.05) is 16.8 Å². The molecule has 0 unspecified atom stereocenters. The maximum absolute atomic E-state index is 10.9. The first-order valence-electron chi connectivity index (χ1n) is 4.70. The van der Waals surface area contributed by atoms with Crippen LogP contribution in [0, 0.1) is 0 Å². The topological polar surface area (TPSA) is 62.2 Å². The molecule has 5 heteroatoms. The monoisotopic (exact) mass is 234 g/mol. The van der Waals surface area contributed by atoms with E-state index < -0.39 is 5.97 Å². The summed E-state index contributed by atoms with van der Waals surface area (Å²) in [6.45, 7) is 0.584. The quantitative estimate of drug-likeness (QED) is 0.853. The van der Waals surface area contributed by atoms with Crippen LogP contribution in [-0.2, 0) is 6.54 Å². The van der Waals surface area contributed by atoms with Gasteiger partial charge in [0.2, 0.25) is 0 Å². The number of thiophene rings is 1.